The minimum absolute atomic E-state index is 0.144. The zero-order valence-electron chi connectivity index (χ0n) is 12.8. The number of benzene rings is 1. The largest absolute Gasteiger partial charge is 0.493 e. The second kappa shape index (κ2) is 7.15. The number of hydrogen-bond acceptors (Lipinski definition) is 4. The van der Waals surface area contributed by atoms with E-state index in [1.807, 2.05) is 0 Å². The van der Waals surface area contributed by atoms with E-state index >= 15 is 0 Å². The molecular weight excluding hydrogens is 286 g/mol. The molecule has 2 rings (SSSR count). The summed E-state index contributed by atoms with van der Waals surface area (Å²) in [6.45, 7) is 1.42. The molecule has 0 radical (unpaired) electrons. The van der Waals surface area contributed by atoms with Crippen molar-refractivity contribution in [1.82, 2.24) is 5.32 Å². The summed E-state index contributed by atoms with van der Waals surface area (Å²) in [5.41, 5.74) is 0.349. The van der Waals surface area contributed by atoms with Crippen LogP contribution >= 0.6 is 0 Å². The van der Waals surface area contributed by atoms with Crippen LogP contribution in [0.5, 0.6) is 11.5 Å². The van der Waals surface area contributed by atoms with Crippen LogP contribution < -0.4 is 14.8 Å². The van der Waals surface area contributed by atoms with Crippen molar-refractivity contribution in [3.63, 3.8) is 0 Å². The van der Waals surface area contributed by atoms with E-state index in [2.05, 4.69) is 5.32 Å². The van der Waals surface area contributed by atoms with Crippen LogP contribution in [0.15, 0.2) is 18.2 Å². The standard InChI is InChI=1S/C16H21NO5/c1-10(16(19)20)17-15(18)11-7-8-13(21-2)14(9-11)22-12-5-3-4-6-12/h7-10,12H,3-6H2,1-2H3,(H,17,18)(H,19,20)/t10-/m1/s1. The predicted molar refractivity (Wildman–Crippen MR) is 80.4 cm³/mol. The smallest absolute Gasteiger partial charge is 0.325 e. The number of nitrogens with one attached hydrogen (secondary N) is 1. The van der Waals surface area contributed by atoms with E-state index in [1.165, 1.54) is 6.92 Å². The first-order valence-electron chi connectivity index (χ1n) is 7.39. The molecule has 0 bridgehead atoms. The Hall–Kier alpha value is -2.24. The number of carboxylic acids is 1. The third kappa shape index (κ3) is 3.90. The molecule has 1 aromatic carbocycles. The highest BCUT2D eigenvalue weighted by atomic mass is 16.5. The molecule has 6 nitrogen and oxygen atoms in total. The molecule has 0 heterocycles. The maximum absolute atomic E-state index is 12.1. The number of amides is 1. The van der Waals surface area contributed by atoms with Gasteiger partial charge in [-0.2, -0.15) is 0 Å². The summed E-state index contributed by atoms with van der Waals surface area (Å²) in [7, 11) is 1.54. The summed E-state index contributed by atoms with van der Waals surface area (Å²) in [5.74, 6) is -0.446. The fourth-order valence-electron chi connectivity index (χ4n) is 2.44. The van der Waals surface area contributed by atoms with Gasteiger partial charge in [-0.25, -0.2) is 0 Å². The van der Waals surface area contributed by atoms with Crippen LogP contribution in [0.3, 0.4) is 0 Å². The molecule has 0 aromatic heterocycles. The maximum atomic E-state index is 12.1. The van der Waals surface area contributed by atoms with Crippen molar-refractivity contribution in [1.29, 1.82) is 0 Å². The van der Waals surface area contributed by atoms with Gasteiger partial charge >= 0.3 is 5.97 Å². The monoisotopic (exact) mass is 307 g/mol. The van der Waals surface area contributed by atoms with Crippen LogP contribution in [0.2, 0.25) is 0 Å². The summed E-state index contributed by atoms with van der Waals surface area (Å²) in [4.78, 5) is 22.9. The number of carbonyl (C=O) groups excluding carboxylic acids is 1. The van der Waals surface area contributed by atoms with Crippen LogP contribution in [0.1, 0.15) is 43.0 Å². The lowest BCUT2D eigenvalue weighted by Crippen LogP contribution is -2.38. The van der Waals surface area contributed by atoms with Gasteiger partial charge in [0.1, 0.15) is 6.04 Å². The molecular formula is C16H21NO5. The van der Waals surface area contributed by atoms with E-state index in [4.69, 9.17) is 14.6 Å². The second-order valence-electron chi connectivity index (χ2n) is 5.42. The molecule has 120 valence electrons. The van der Waals surface area contributed by atoms with Crippen molar-refractivity contribution < 1.29 is 24.2 Å². The number of methoxy groups -OCH3 is 1. The lowest BCUT2D eigenvalue weighted by atomic mass is 10.1. The first-order valence-corrected chi connectivity index (χ1v) is 7.39. The molecule has 2 N–H and O–H groups in total. The zero-order chi connectivity index (χ0) is 16.1. The number of aliphatic carboxylic acids is 1. The average molecular weight is 307 g/mol. The highest BCUT2D eigenvalue weighted by molar-refractivity contribution is 5.97. The second-order valence-corrected chi connectivity index (χ2v) is 5.42. The molecule has 0 unspecified atom stereocenters. The van der Waals surface area contributed by atoms with Crippen molar-refractivity contribution in [3.8, 4) is 11.5 Å². The molecule has 1 aliphatic carbocycles. The number of rotatable bonds is 6. The van der Waals surface area contributed by atoms with Gasteiger partial charge in [-0.15, -0.1) is 0 Å². The zero-order valence-corrected chi connectivity index (χ0v) is 12.8. The van der Waals surface area contributed by atoms with E-state index in [0.717, 1.165) is 25.7 Å². The lowest BCUT2D eigenvalue weighted by molar-refractivity contribution is -0.138. The van der Waals surface area contributed by atoms with Crippen molar-refractivity contribution in [2.45, 2.75) is 44.8 Å². The molecule has 1 aliphatic rings. The molecule has 0 spiro atoms. The topological polar surface area (TPSA) is 84.9 Å². The van der Waals surface area contributed by atoms with Crippen LogP contribution in [0.4, 0.5) is 0 Å². The van der Waals surface area contributed by atoms with Crippen molar-refractivity contribution in [2.24, 2.45) is 0 Å². The van der Waals surface area contributed by atoms with Crippen molar-refractivity contribution in [2.75, 3.05) is 7.11 Å². The van der Waals surface area contributed by atoms with Crippen LogP contribution in [-0.4, -0.2) is 36.2 Å². The maximum Gasteiger partial charge on any atom is 0.325 e. The summed E-state index contributed by atoms with van der Waals surface area (Å²) in [6, 6.07) is 3.89. The molecule has 1 atom stereocenters. The van der Waals surface area contributed by atoms with Crippen LogP contribution in [-0.2, 0) is 4.79 Å². The van der Waals surface area contributed by atoms with Gasteiger partial charge in [0.15, 0.2) is 11.5 Å². The van der Waals surface area contributed by atoms with Gasteiger partial charge in [-0.05, 0) is 50.8 Å². The Labute approximate surface area is 129 Å². The molecule has 0 saturated heterocycles. The number of carboxylic acid groups (broad SMARTS) is 1. The van der Waals surface area contributed by atoms with Crippen molar-refractivity contribution >= 4 is 11.9 Å². The van der Waals surface area contributed by atoms with Gasteiger partial charge in [0, 0.05) is 5.56 Å². The Morgan fingerprint density at radius 1 is 1.27 bits per heavy atom. The van der Waals surface area contributed by atoms with E-state index in [9.17, 15) is 9.59 Å². The Balaban J connectivity index is 2.14. The summed E-state index contributed by atoms with van der Waals surface area (Å²) in [6.07, 6.45) is 4.42. The van der Waals surface area contributed by atoms with Gasteiger partial charge in [0.25, 0.3) is 5.91 Å². The van der Waals surface area contributed by atoms with E-state index in [-0.39, 0.29) is 6.10 Å². The Bertz CT molecular complexity index is 551. The Morgan fingerprint density at radius 3 is 2.55 bits per heavy atom. The van der Waals surface area contributed by atoms with Gasteiger partial charge in [-0.3, -0.25) is 9.59 Å². The highest BCUT2D eigenvalue weighted by Gasteiger charge is 2.20. The fourth-order valence-corrected chi connectivity index (χ4v) is 2.44. The predicted octanol–water partition coefficient (Wildman–Crippen LogP) is 2.22. The SMILES string of the molecule is COc1ccc(C(=O)N[C@H](C)C(=O)O)cc1OC1CCCC1. The molecule has 22 heavy (non-hydrogen) atoms. The third-order valence-corrected chi connectivity index (χ3v) is 3.74. The molecule has 0 aliphatic heterocycles. The van der Waals surface area contributed by atoms with Crippen LogP contribution in [0.25, 0.3) is 0 Å². The van der Waals surface area contributed by atoms with Crippen molar-refractivity contribution in [3.05, 3.63) is 23.8 Å². The summed E-state index contributed by atoms with van der Waals surface area (Å²) < 4.78 is 11.2. The first-order chi connectivity index (χ1) is 10.5. The van der Waals surface area contributed by atoms with E-state index in [0.29, 0.717) is 17.1 Å². The summed E-state index contributed by atoms with van der Waals surface area (Å²) >= 11 is 0. The fraction of sp³-hybridized carbons (Fsp3) is 0.500. The molecule has 1 fully saturated rings. The molecule has 1 aromatic rings. The normalized spacial score (nSPS) is 16.1. The van der Waals surface area contributed by atoms with E-state index < -0.39 is 17.9 Å². The van der Waals surface area contributed by atoms with Gasteiger partial charge in [0.2, 0.25) is 0 Å². The Morgan fingerprint density at radius 2 is 1.95 bits per heavy atom. The third-order valence-electron chi connectivity index (χ3n) is 3.74. The minimum atomic E-state index is -1.08. The van der Waals surface area contributed by atoms with Gasteiger partial charge in [-0.1, -0.05) is 0 Å². The van der Waals surface area contributed by atoms with Gasteiger partial charge in [0.05, 0.1) is 13.2 Å². The average Bonchev–Trinajstić information content (AvgIpc) is 2.99. The van der Waals surface area contributed by atoms with Crippen LogP contribution in [0, 0.1) is 0 Å². The molecule has 1 amide bonds. The highest BCUT2D eigenvalue weighted by Crippen LogP contribution is 2.32. The number of hydrogen-bond donors (Lipinski definition) is 2. The molecule has 1 saturated carbocycles. The first kappa shape index (κ1) is 16.1. The number of ether oxygens (including phenoxy) is 2. The van der Waals surface area contributed by atoms with E-state index in [1.54, 1.807) is 25.3 Å². The lowest BCUT2D eigenvalue weighted by Gasteiger charge is -2.17. The number of carbonyl (C=O) groups is 2. The molecule has 6 heteroatoms. The van der Waals surface area contributed by atoms with Gasteiger partial charge < -0.3 is 19.9 Å². The minimum Gasteiger partial charge on any atom is -0.493 e. The quantitative estimate of drug-likeness (QED) is 0.841. The summed E-state index contributed by atoms with van der Waals surface area (Å²) in [5, 5.41) is 11.3. The Kier molecular flexibility index (Phi) is 5.25.